The lowest BCUT2D eigenvalue weighted by Crippen LogP contribution is -2.35. The molecule has 0 fully saturated rings. The van der Waals surface area contributed by atoms with Crippen molar-refractivity contribution in [3.8, 4) is 0 Å². The molecule has 102 valence electrons. The van der Waals surface area contributed by atoms with Crippen LogP contribution in [0, 0.1) is 0 Å². The van der Waals surface area contributed by atoms with Gasteiger partial charge in [-0.25, -0.2) is 15.8 Å². The zero-order valence-electron chi connectivity index (χ0n) is 10.3. The van der Waals surface area contributed by atoms with Crippen LogP contribution in [0.4, 0.5) is 23.0 Å². The highest BCUT2D eigenvalue weighted by atomic mass is 79.9. The van der Waals surface area contributed by atoms with Crippen LogP contribution in [0.5, 0.6) is 0 Å². The van der Waals surface area contributed by atoms with Crippen molar-refractivity contribution in [1.82, 2.24) is 9.97 Å². The van der Waals surface area contributed by atoms with E-state index in [9.17, 15) is 4.79 Å². The molecule has 1 aromatic heterocycles. The van der Waals surface area contributed by atoms with Crippen molar-refractivity contribution in [3.63, 3.8) is 0 Å². The van der Waals surface area contributed by atoms with Crippen molar-refractivity contribution in [3.05, 3.63) is 35.1 Å². The number of carbonyl (C=O) groups is 1. The monoisotopic (exact) mass is 334 g/mol. The molecule has 4 N–H and O–H groups in total. The summed E-state index contributed by atoms with van der Waals surface area (Å²) in [6.07, 6.45) is 1.39. The lowest BCUT2D eigenvalue weighted by atomic mass is 10.2. The predicted molar refractivity (Wildman–Crippen MR) is 79.6 cm³/mol. The van der Waals surface area contributed by atoms with Crippen LogP contribution < -0.4 is 21.5 Å². The fourth-order valence-electron chi connectivity index (χ4n) is 2.07. The van der Waals surface area contributed by atoms with Crippen LogP contribution in [0.15, 0.2) is 35.1 Å². The van der Waals surface area contributed by atoms with Gasteiger partial charge in [0.15, 0.2) is 11.6 Å². The van der Waals surface area contributed by atoms with Gasteiger partial charge < -0.3 is 15.6 Å². The zero-order valence-corrected chi connectivity index (χ0v) is 11.9. The van der Waals surface area contributed by atoms with Gasteiger partial charge in [0, 0.05) is 0 Å². The summed E-state index contributed by atoms with van der Waals surface area (Å²) in [7, 11) is 0. The molecule has 0 saturated carbocycles. The van der Waals surface area contributed by atoms with E-state index in [1.165, 1.54) is 6.33 Å². The normalized spacial score (nSPS) is 13.7. The number of benzene rings is 1. The van der Waals surface area contributed by atoms with E-state index in [0.29, 0.717) is 16.1 Å². The number of fused-ring (bicyclic) bond motifs is 1. The van der Waals surface area contributed by atoms with Gasteiger partial charge in [-0.2, -0.15) is 0 Å². The van der Waals surface area contributed by atoms with Crippen LogP contribution in [-0.2, 0) is 4.79 Å². The minimum Gasteiger partial charge on any atom is -0.323 e. The second-order valence-electron chi connectivity index (χ2n) is 4.16. The number of hydrogen-bond acceptors (Lipinski definition) is 6. The van der Waals surface area contributed by atoms with Crippen molar-refractivity contribution in [2.24, 2.45) is 5.84 Å². The smallest absolute Gasteiger partial charge is 0.244 e. The van der Waals surface area contributed by atoms with Crippen LogP contribution in [0.1, 0.15) is 0 Å². The Kier molecular flexibility index (Phi) is 3.25. The molecule has 0 spiro atoms. The van der Waals surface area contributed by atoms with Gasteiger partial charge in [0.05, 0.1) is 11.4 Å². The van der Waals surface area contributed by atoms with Gasteiger partial charge in [-0.05, 0) is 28.1 Å². The van der Waals surface area contributed by atoms with E-state index in [-0.39, 0.29) is 12.5 Å². The average Bonchev–Trinajstić information content (AvgIpc) is 2.46. The molecule has 1 aromatic carbocycles. The number of nitrogens with two attached hydrogens (primary N) is 1. The molecule has 0 saturated heterocycles. The lowest BCUT2D eigenvalue weighted by Gasteiger charge is -2.30. The second-order valence-corrected chi connectivity index (χ2v) is 4.95. The maximum atomic E-state index is 11.8. The molecule has 1 aliphatic heterocycles. The number of carbonyl (C=O) groups excluding carboxylic acids is 1. The number of nitrogens with zero attached hydrogens (tertiary/aromatic N) is 3. The molecule has 3 rings (SSSR count). The number of rotatable bonds is 2. The van der Waals surface area contributed by atoms with E-state index in [2.05, 4.69) is 36.6 Å². The number of amides is 1. The molecule has 1 amide bonds. The van der Waals surface area contributed by atoms with Gasteiger partial charge in [0.25, 0.3) is 0 Å². The van der Waals surface area contributed by atoms with Crippen molar-refractivity contribution >= 4 is 44.8 Å². The van der Waals surface area contributed by atoms with Crippen molar-refractivity contribution < 1.29 is 4.79 Å². The highest BCUT2D eigenvalue weighted by Gasteiger charge is 2.26. The summed E-state index contributed by atoms with van der Waals surface area (Å²) in [4.78, 5) is 21.9. The third-order valence-electron chi connectivity index (χ3n) is 2.93. The SMILES string of the molecule is NNc1ncnc(N2CC(=O)Nc3ccccc32)c1Br. The van der Waals surface area contributed by atoms with Crippen LogP contribution in [0.2, 0.25) is 0 Å². The maximum Gasteiger partial charge on any atom is 0.244 e. The largest absolute Gasteiger partial charge is 0.323 e. The van der Waals surface area contributed by atoms with Gasteiger partial charge in [-0.3, -0.25) is 4.79 Å². The van der Waals surface area contributed by atoms with Crippen molar-refractivity contribution in [2.45, 2.75) is 0 Å². The topological polar surface area (TPSA) is 96.2 Å². The fourth-order valence-corrected chi connectivity index (χ4v) is 2.60. The molecule has 0 bridgehead atoms. The number of hydrogen-bond donors (Lipinski definition) is 3. The predicted octanol–water partition coefficient (Wildman–Crippen LogP) is 1.61. The first-order valence-electron chi connectivity index (χ1n) is 5.84. The molecule has 2 heterocycles. The minimum absolute atomic E-state index is 0.100. The summed E-state index contributed by atoms with van der Waals surface area (Å²) < 4.78 is 0.604. The number of nitrogen functional groups attached to an aromatic ring is 1. The first-order valence-corrected chi connectivity index (χ1v) is 6.63. The Morgan fingerprint density at radius 3 is 2.95 bits per heavy atom. The third-order valence-corrected chi connectivity index (χ3v) is 3.66. The van der Waals surface area contributed by atoms with E-state index in [1.54, 1.807) is 4.90 Å². The second kappa shape index (κ2) is 5.06. The summed E-state index contributed by atoms with van der Waals surface area (Å²) in [6.45, 7) is 0.177. The Bertz CT molecular complexity index is 677. The Balaban J connectivity index is 2.13. The van der Waals surface area contributed by atoms with Gasteiger partial charge in [-0.1, -0.05) is 12.1 Å². The summed E-state index contributed by atoms with van der Waals surface area (Å²) in [5, 5.41) is 2.83. The molecular formula is C12H11BrN6O. The number of aromatic nitrogens is 2. The molecule has 8 heteroatoms. The van der Waals surface area contributed by atoms with E-state index < -0.39 is 0 Å². The minimum atomic E-state index is -0.100. The van der Waals surface area contributed by atoms with Gasteiger partial charge in [0.2, 0.25) is 5.91 Å². The Hall–Kier alpha value is -2.19. The molecular weight excluding hydrogens is 324 g/mol. The molecule has 7 nitrogen and oxygen atoms in total. The highest BCUT2D eigenvalue weighted by molar-refractivity contribution is 9.10. The maximum absolute atomic E-state index is 11.8. The first-order chi connectivity index (χ1) is 9.70. The standard InChI is InChI=1S/C12H11BrN6O/c13-10-11(18-14)15-6-16-12(10)19-5-9(20)17-7-3-1-2-4-8(7)19/h1-4,6H,5,14H2,(H,17,20)(H,15,16,18). The molecule has 0 unspecified atom stereocenters. The van der Waals surface area contributed by atoms with E-state index in [4.69, 9.17) is 5.84 Å². The molecule has 0 atom stereocenters. The third kappa shape index (κ3) is 2.08. The van der Waals surface area contributed by atoms with Crippen molar-refractivity contribution in [1.29, 1.82) is 0 Å². The Morgan fingerprint density at radius 2 is 2.15 bits per heavy atom. The molecule has 0 aliphatic carbocycles. The van der Waals surface area contributed by atoms with Crippen LogP contribution in [0.3, 0.4) is 0 Å². The lowest BCUT2D eigenvalue weighted by molar-refractivity contribution is -0.115. The van der Waals surface area contributed by atoms with Gasteiger partial charge >= 0.3 is 0 Å². The first kappa shape index (κ1) is 12.8. The number of hydrazine groups is 1. The highest BCUT2D eigenvalue weighted by Crippen LogP contribution is 2.38. The van der Waals surface area contributed by atoms with E-state index in [0.717, 1.165) is 11.4 Å². The van der Waals surface area contributed by atoms with Crippen LogP contribution in [-0.4, -0.2) is 22.4 Å². The van der Waals surface area contributed by atoms with Crippen LogP contribution in [0.25, 0.3) is 0 Å². The van der Waals surface area contributed by atoms with E-state index >= 15 is 0 Å². The summed E-state index contributed by atoms with van der Waals surface area (Å²) in [5.41, 5.74) is 4.10. The van der Waals surface area contributed by atoms with Crippen LogP contribution >= 0.6 is 15.9 Å². The summed E-state index contributed by atoms with van der Waals surface area (Å²) >= 11 is 3.41. The quantitative estimate of drug-likeness (QED) is 0.570. The summed E-state index contributed by atoms with van der Waals surface area (Å²) in [6, 6.07) is 7.53. The fraction of sp³-hybridized carbons (Fsp3) is 0.0833. The zero-order chi connectivity index (χ0) is 14.1. The van der Waals surface area contributed by atoms with Gasteiger partial charge in [-0.15, -0.1) is 0 Å². The Labute approximate surface area is 123 Å². The van der Waals surface area contributed by atoms with E-state index in [1.807, 2.05) is 24.3 Å². The van der Waals surface area contributed by atoms with Gasteiger partial charge in [0.1, 0.15) is 17.3 Å². The number of nitrogens with one attached hydrogen (secondary N) is 2. The summed E-state index contributed by atoms with van der Waals surface area (Å²) in [5.74, 6) is 6.34. The average molecular weight is 335 g/mol. The number of para-hydroxylation sites is 2. The number of anilines is 4. The molecule has 1 aliphatic rings. The number of halogens is 1. The molecule has 20 heavy (non-hydrogen) atoms. The molecule has 2 aromatic rings. The molecule has 0 radical (unpaired) electrons. The van der Waals surface area contributed by atoms with Crippen molar-refractivity contribution in [2.75, 3.05) is 22.2 Å². The Morgan fingerprint density at radius 1 is 1.35 bits per heavy atom.